The fraction of sp³-hybridized carbons (Fsp3) is 0.385. The van der Waals surface area contributed by atoms with Crippen LogP contribution in [0, 0.1) is 0 Å². The standard InChI is InChI=1S/C13H19N5O/c1-3-5-17-8-10(14)6-12(17)13(19)16-11-7-15-18(4-2)9-11/h6-9H,3-5,14H2,1-2H3,(H,16,19). The summed E-state index contributed by atoms with van der Waals surface area (Å²) in [5, 5.41) is 6.94. The molecule has 0 saturated heterocycles. The third-order valence-corrected chi connectivity index (χ3v) is 2.83. The first-order chi connectivity index (χ1) is 9.13. The maximum Gasteiger partial charge on any atom is 0.272 e. The Morgan fingerprint density at radius 1 is 1.42 bits per heavy atom. The summed E-state index contributed by atoms with van der Waals surface area (Å²) in [6.45, 7) is 5.60. The van der Waals surface area contributed by atoms with Crippen LogP contribution in [0.3, 0.4) is 0 Å². The number of anilines is 2. The monoisotopic (exact) mass is 261 g/mol. The average molecular weight is 261 g/mol. The number of nitrogens with zero attached hydrogens (tertiary/aromatic N) is 3. The third kappa shape index (κ3) is 2.96. The molecule has 0 unspecified atom stereocenters. The molecular formula is C13H19N5O. The highest BCUT2D eigenvalue weighted by Gasteiger charge is 2.13. The fourth-order valence-electron chi connectivity index (χ4n) is 1.95. The van der Waals surface area contributed by atoms with Gasteiger partial charge in [0.15, 0.2) is 0 Å². The first-order valence-corrected chi connectivity index (χ1v) is 6.43. The summed E-state index contributed by atoms with van der Waals surface area (Å²) in [7, 11) is 0. The van der Waals surface area contributed by atoms with Crippen LogP contribution in [0.4, 0.5) is 11.4 Å². The molecule has 0 aliphatic carbocycles. The molecule has 3 N–H and O–H groups in total. The van der Waals surface area contributed by atoms with Crippen molar-refractivity contribution >= 4 is 17.3 Å². The highest BCUT2D eigenvalue weighted by molar-refractivity contribution is 6.03. The number of amides is 1. The van der Waals surface area contributed by atoms with Crippen LogP contribution in [0.5, 0.6) is 0 Å². The Morgan fingerprint density at radius 3 is 2.84 bits per heavy atom. The number of carbonyl (C=O) groups is 1. The van der Waals surface area contributed by atoms with Gasteiger partial charge < -0.3 is 15.6 Å². The molecule has 1 amide bonds. The van der Waals surface area contributed by atoms with E-state index in [1.165, 1.54) is 0 Å². The Labute approximate surface area is 112 Å². The van der Waals surface area contributed by atoms with Gasteiger partial charge in [0.1, 0.15) is 5.69 Å². The molecule has 0 fully saturated rings. The molecule has 2 aromatic rings. The van der Waals surface area contributed by atoms with E-state index in [1.54, 1.807) is 29.3 Å². The van der Waals surface area contributed by atoms with Gasteiger partial charge in [0.05, 0.1) is 17.6 Å². The minimum Gasteiger partial charge on any atom is -0.397 e. The topological polar surface area (TPSA) is 77.9 Å². The van der Waals surface area contributed by atoms with Gasteiger partial charge in [-0.1, -0.05) is 6.92 Å². The van der Waals surface area contributed by atoms with Crippen molar-refractivity contribution in [1.29, 1.82) is 0 Å². The fourth-order valence-corrected chi connectivity index (χ4v) is 1.95. The summed E-state index contributed by atoms with van der Waals surface area (Å²) in [6.07, 6.45) is 6.17. The van der Waals surface area contributed by atoms with Crippen LogP contribution in [-0.2, 0) is 13.1 Å². The van der Waals surface area contributed by atoms with Crippen molar-refractivity contribution in [1.82, 2.24) is 14.3 Å². The molecule has 0 radical (unpaired) electrons. The van der Waals surface area contributed by atoms with Gasteiger partial charge in [-0.15, -0.1) is 0 Å². The van der Waals surface area contributed by atoms with E-state index < -0.39 is 0 Å². The van der Waals surface area contributed by atoms with E-state index in [-0.39, 0.29) is 5.91 Å². The Hall–Kier alpha value is -2.24. The Kier molecular flexibility index (Phi) is 3.89. The van der Waals surface area contributed by atoms with Crippen LogP contribution in [0.2, 0.25) is 0 Å². The average Bonchev–Trinajstić information content (AvgIpc) is 2.96. The molecule has 0 aliphatic rings. The van der Waals surface area contributed by atoms with E-state index in [9.17, 15) is 4.79 Å². The van der Waals surface area contributed by atoms with Crippen LogP contribution in [-0.4, -0.2) is 20.3 Å². The molecule has 19 heavy (non-hydrogen) atoms. The lowest BCUT2D eigenvalue weighted by molar-refractivity contribution is 0.101. The third-order valence-electron chi connectivity index (χ3n) is 2.83. The molecule has 0 aliphatic heterocycles. The first kappa shape index (κ1) is 13.2. The number of hydrogen-bond acceptors (Lipinski definition) is 3. The van der Waals surface area contributed by atoms with Crippen molar-refractivity contribution in [2.45, 2.75) is 33.4 Å². The lowest BCUT2D eigenvalue weighted by Crippen LogP contribution is -2.16. The van der Waals surface area contributed by atoms with Crippen molar-refractivity contribution in [2.24, 2.45) is 0 Å². The number of nitrogens with two attached hydrogens (primary N) is 1. The molecule has 0 bridgehead atoms. The second kappa shape index (κ2) is 5.60. The van der Waals surface area contributed by atoms with Crippen LogP contribution < -0.4 is 11.1 Å². The van der Waals surface area contributed by atoms with Gasteiger partial charge in [-0.05, 0) is 19.4 Å². The number of aromatic nitrogens is 3. The summed E-state index contributed by atoms with van der Waals surface area (Å²) < 4.78 is 3.63. The Morgan fingerprint density at radius 2 is 2.21 bits per heavy atom. The van der Waals surface area contributed by atoms with Crippen molar-refractivity contribution in [3.8, 4) is 0 Å². The van der Waals surface area contributed by atoms with Crippen molar-refractivity contribution < 1.29 is 4.79 Å². The highest BCUT2D eigenvalue weighted by Crippen LogP contribution is 2.14. The summed E-state index contributed by atoms with van der Waals surface area (Å²) in [5.74, 6) is -0.166. The number of aryl methyl sites for hydroxylation is 2. The quantitative estimate of drug-likeness (QED) is 0.863. The Bertz CT molecular complexity index is 569. The second-order valence-corrected chi connectivity index (χ2v) is 4.39. The van der Waals surface area contributed by atoms with Gasteiger partial charge in [0, 0.05) is 25.5 Å². The second-order valence-electron chi connectivity index (χ2n) is 4.39. The zero-order valence-electron chi connectivity index (χ0n) is 11.3. The zero-order chi connectivity index (χ0) is 13.8. The minimum absolute atomic E-state index is 0.166. The summed E-state index contributed by atoms with van der Waals surface area (Å²) in [5.41, 5.74) is 7.61. The molecule has 6 nitrogen and oxygen atoms in total. The number of rotatable bonds is 5. The summed E-state index contributed by atoms with van der Waals surface area (Å²) >= 11 is 0. The number of hydrogen-bond donors (Lipinski definition) is 2. The number of nitrogens with one attached hydrogen (secondary N) is 1. The van der Waals surface area contributed by atoms with Crippen molar-refractivity contribution in [3.63, 3.8) is 0 Å². The lowest BCUT2D eigenvalue weighted by Gasteiger charge is -2.07. The zero-order valence-corrected chi connectivity index (χ0v) is 11.3. The van der Waals surface area contributed by atoms with Crippen molar-refractivity contribution in [3.05, 3.63) is 30.4 Å². The smallest absolute Gasteiger partial charge is 0.272 e. The molecule has 0 spiro atoms. The maximum absolute atomic E-state index is 12.2. The summed E-state index contributed by atoms with van der Waals surface area (Å²) in [6, 6.07) is 1.69. The molecule has 2 rings (SSSR count). The predicted molar refractivity (Wildman–Crippen MR) is 75.0 cm³/mol. The normalized spacial score (nSPS) is 10.6. The minimum atomic E-state index is -0.166. The molecular weight excluding hydrogens is 242 g/mol. The molecule has 0 atom stereocenters. The molecule has 6 heteroatoms. The molecule has 102 valence electrons. The highest BCUT2D eigenvalue weighted by atomic mass is 16.2. The van der Waals surface area contributed by atoms with Crippen LogP contribution in [0.25, 0.3) is 0 Å². The number of carbonyl (C=O) groups excluding carboxylic acids is 1. The van der Waals surface area contributed by atoms with Crippen LogP contribution in [0.15, 0.2) is 24.7 Å². The van der Waals surface area contributed by atoms with Gasteiger partial charge in [-0.25, -0.2) is 0 Å². The molecule has 0 saturated carbocycles. The van der Waals surface area contributed by atoms with Gasteiger partial charge in [0.25, 0.3) is 5.91 Å². The van der Waals surface area contributed by atoms with E-state index in [0.717, 1.165) is 19.5 Å². The maximum atomic E-state index is 12.2. The number of nitrogen functional groups attached to an aromatic ring is 1. The van der Waals surface area contributed by atoms with Crippen LogP contribution >= 0.6 is 0 Å². The molecule has 2 aromatic heterocycles. The first-order valence-electron chi connectivity index (χ1n) is 6.43. The SMILES string of the molecule is CCCn1cc(N)cc1C(=O)Nc1cnn(CC)c1. The van der Waals surface area contributed by atoms with E-state index in [0.29, 0.717) is 17.1 Å². The van der Waals surface area contributed by atoms with E-state index in [1.807, 2.05) is 11.5 Å². The van der Waals surface area contributed by atoms with Gasteiger partial charge in [0.2, 0.25) is 0 Å². The molecule has 0 aromatic carbocycles. The predicted octanol–water partition coefficient (Wildman–Crippen LogP) is 1.95. The van der Waals surface area contributed by atoms with Gasteiger partial charge in [-0.3, -0.25) is 9.48 Å². The van der Waals surface area contributed by atoms with E-state index in [2.05, 4.69) is 17.3 Å². The lowest BCUT2D eigenvalue weighted by atomic mass is 10.3. The van der Waals surface area contributed by atoms with E-state index >= 15 is 0 Å². The Balaban J connectivity index is 2.15. The molecule has 2 heterocycles. The van der Waals surface area contributed by atoms with Gasteiger partial charge in [-0.2, -0.15) is 5.10 Å². The van der Waals surface area contributed by atoms with Gasteiger partial charge >= 0.3 is 0 Å². The van der Waals surface area contributed by atoms with E-state index in [4.69, 9.17) is 5.73 Å². The largest absolute Gasteiger partial charge is 0.397 e. The summed E-state index contributed by atoms with van der Waals surface area (Å²) in [4.78, 5) is 12.2. The van der Waals surface area contributed by atoms with Crippen molar-refractivity contribution in [2.75, 3.05) is 11.1 Å². The van der Waals surface area contributed by atoms with Crippen LogP contribution in [0.1, 0.15) is 30.8 Å².